The number of amides is 3. The molecule has 0 spiro atoms. The quantitative estimate of drug-likeness (QED) is 0.523. The van der Waals surface area contributed by atoms with Crippen molar-refractivity contribution < 1.29 is 23.9 Å². The molecule has 1 fully saturated rings. The second kappa shape index (κ2) is 10.3. The summed E-state index contributed by atoms with van der Waals surface area (Å²) in [5, 5.41) is 2.53. The topological polar surface area (TPSA) is 84.9 Å². The summed E-state index contributed by atoms with van der Waals surface area (Å²) in [5.41, 5.74) is 3.31. The van der Waals surface area contributed by atoms with Gasteiger partial charge in [-0.3, -0.25) is 19.3 Å². The van der Waals surface area contributed by atoms with Crippen molar-refractivity contribution in [1.29, 1.82) is 0 Å². The molecule has 3 amide bonds. The average molecular weight is 489 g/mol. The van der Waals surface area contributed by atoms with Crippen molar-refractivity contribution in [2.75, 3.05) is 19.0 Å². The Morgan fingerprint density at radius 3 is 2.55 bits per heavy atom. The molecule has 174 valence electrons. The summed E-state index contributed by atoms with van der Waals surface area (Å²) >= 11 is 7.11. The van der Waals surface area contributed by atoms with E-state index >= 15 is 0 Å². The maximum Gasteiger partial charge on any atom is 0.294 e. The van der Waals surface area contributed by atoms with Gasteiger partial charge in [0.15, 0.2) is 11.5 Å². The lowest BCUT2D eigenvalue weighted by Crippen LogP contribution is -2.36. The number of ether oxygens (including phenoxy) is 2. The minimum Gasteiger partial charge on any atom is -0.493 e. The molecule has 0 aromatic heterocycles. The van der Waals surface area contributed by atoms with Gasteiger partial charge >= 0.3 is 0 Å². The van der Waals surface area contributed by atoms with Gasteiger partial charge < -0.3 is 14.8 Å². The monoisotopic (exact) mass is 488 g/mol. The molecule has 0 radical (unpaired) electrons. The molecular formula is C24H25ClN2O5S. The average Bonchev–Trinajstić information content (AvgIpc) is 2.99. The molecule has 0 unspecified atom stereocenters. The van der Waals surface area contributed by atoms with Gasteiger partial charge in [0.2, 0.25) is 5.91 Å². The molecule has 1 aliphatic rings. The van der Waals surface area contributed by atoms with Crippen LogP contribution in [0, 0.1) is 13.8 Å². The maximum absolute atomic E-state index is 12.8. The number of halogens is 1. The Kier molecular flexibility index (Phi) is 7.71. The fourth-order valence-corrected chi connectivity index (χ4v) is 4.23. The largest absolute Gasteiger partial charge is 0.493 e. The lowest BCUT2D eigenvalue weighted by molar-refractivity contribution is -0.127. The highest BCUT2D eigenvalue weighted by Crippen LogP contribution is 2.39. The van der Waals surface area contributed by atoms with Crippen molar-refractivity contribution in [2.24, 2.45) is 0 Å². The van der Waals surface area contributed by atoms with Crippen molar-refractivity contribution >= 4 is 52.2 Å². The Labute approximate surface area is 202 Å². The van der Waals surface area contributed by atoms with Crippen LogP contribution in [-0.2, 0) is 9.59 Å². The van der Waals surface area contributed by atoms with Crippen LogP contribution in [0.5, 0.6) is 11.5 Å². The number of carbonyl (C=O) groups is 3. The molecule has 0 aliphatic carbocycles. The second-order valence-electron chi connectivity index (χ2n) is 7.82. The van der Waals surface area contributed by atoms with Crippen LogP contribution in [0.15, 0.2) is 35.2 Å². The zero-order valence-electron chi connectivity index (χ0n) is 19.0. The number of anilines is 1. The van der Waals surface area contributed by atoms with Gasteiger partial charge in [0.1, 0.15) is 6.54 Å². The van der Waals surface area contributed by atoms with Crippen molar-refractivity contribution in [3.05, 3.63) is 56.9 Å². The van der Waals surface area contributed by atoms with Gasteiger partial charge in [-0.2, -0.15) is 0 Å². The smallest absolute Gasteiger partial charge is 0.294 e. The van der Waals surface area contributed by atoms with E-state index in [1.807, 2.05) is 39.8 Å². The number of imide groups is 1. The van der Waals surface area contributed by atoms with Gasteiger partial charge in [0.25, 0.3) is 11.1 Å². The van der Waals surface area contributed by atoms with Gasteiger partial charge in [0.05, 0.1) is 23.1 Å². The Balaban J connectivity index is 1.76. The minimum absolute atomic E-state index is 0.103. The summed E-state index contributed by atoms with van der Waals surface area (Å²) in [6, 6.07) is 8.80. The third-order valence-electron chi connectivity index (χ3n) is 4.87. The van der Waals surface area contributed by atoms with E-state index in [0.717, 1.165) is 27.8 Å². The van der Waals surface area contributed by atoms with Gasteiger partial charge in [-0.15, -0.1) is 0 Å². The normalized spacial score (nSPS) is 14.9. The Morgan fingerprint density at radius 2 is 1.91 bits per heavy atom. The van der Waals surface area contributed by atoms with Crippen LogP contribution in [-0.4, -0.2) is 41.7 Å². The SMILES string of the molecule is COc1cc(C=C2SC(=O)N(CC(=O)Nc3ccc(C)c(C)c3)C2=O)cc(Cl)c1OC(C)C. The van der Waals surface area contributed by atoms with Crippen LogP contribution in [0.3, 0.4) is 0 Å². The molecule has 1 aliphatic heterocycles. The van der Waals surface area contributed by atoms with Gasteiger partial charge in [-0.25, -0.2) is 0 Å². The number of benzene rings is 2. The molecule has 2 aromatic carbocycles. The highest BCUT2D eigenvalue weighted by Gasteiger charge is 2.36. The van der Waals surface area contributed by atoms with Crippen LogP contribution in [0.1, 0.15) is 30.5 Å². The number of carbonyl (C=O) groups excluding carboxylic acids is 3. The molecule has 0 bridgehead atoms. The minimum atomic E-state index is -0.544. The molecule has 33 heavy (non-hydrogen) atoms. The fourth-order valence-electron chi connectivity index (χ4n) is 3.12. The highest BCUT2D eigenvalue weighted by molar-refractivity contribution is 8.18. The van der Waals surface area contributed by atoms with Crippen molar-refractivity contribution in [3.63, 3.8) is 0 Å². The van der Waals surface area contributed by atoms with E-state index in [4.69, 9.17) is 21.1 Å². The second-order valence-corrected chi connectivity index (χ2v) is 9.22. The van der Waals surface area contributed by atoms with Crippen LogP contribution >= 0.6 is 23.4 Å². The molecule has 9 heteroatoms. The van der Waals surface area contributed by atoms with E-state index < -0.39 is 17.1 Å². The molecule has 1 N–H and O–H groups in total. The summed E-state index contributed by atoms with van der Waals surface area (Å²) < 4.78 is 11.1. The number of hydrogen-bond donors (Lipinski definition) is 1. The van der Waals surface area contributed by atoms with Crippen LogP contribution in [0.4, 0.5) is 10.5 Å². The van der Waals surface area contributed by atoms with Crippen molar-refractivity contribution in [2.45, 2.75) is 33.8 Å². The summed E-state index contributed by atoms with van der Waals surface area (Å²) in [6.45, 7) is 7.28. The lowest BCUT2D eigenvalue weighted by atomic mass is 10.1. The molecule has 0 atom stereocenters. The van der Waals surface area contributed by atoms with Crippen molar-refractivity contribution in [3.8, 4) is 11.5 Å². The summed E-state index contributed by atoms with van der Waals surface area (Å²) in [4.78, 5) is 38.8. The van der Waals surface area contributed by atoms with E-state index in [-0.39, 0.29) is 17.6 Å². The summed E-state index contributed by atoms with van der Waals surface area (Å²) in [6.07, 6.45) is 1.44. The highest BCUT2D eigenvalue weighted by atomic mass is 35.5. The lowest BCUT2D eigenvalue weighted by Gasteiger charge is -2.15. The van der Waals surface area contributed by atoms with E-state index in [9.17, 15) is 14.4 Å². The van der Waals surface area contributed by atoms with Crippen molar-refractivity contribution in [1.82, 2.24) is 4.90 Å². The van der Waals surface area contributed by atoms with Crippen LogP contribution < -0.4 is 14.8 Å². The van der Waals surface area contributed by atoms with E-state index in [2.05, 4.69) is 5.32 Å². The molecule has 2 aromatic rings. The van der Waals surface area contributed by atoms with E-state index in [0.29, 0.717) is 27.8 Å². The third-order valence-corrected chi connectivity index (χ3v) is 6.06. The number of rotatable bonds is 7. The molecule has 0 saturated carbocycles. The van der Waals surface area contributed by atoms with Gasteiger partial charge in [-0.1, -0.05) is 17.7 Å². The predicted octanol–water partition coefficient (Wildman–Crippen LogP) is 5.43. The Morgan fingerprint density at radius 1 is 1.18 bits per heavy atom. The molecule has 1 saturated heterocycles. The van der Waals surface area contributed by atoms with Crippen LogP contribution in [0.25, 0.3) is 6.08 Å². The number of methoxy groups -OCH3 is 1. The molecule has 1 heterocycles. The Hall–Kier alpha value is -2.97. The van der Waals surface area contributed by atoms with Gasteiger partial charge in [0, 0.05) is 5.69 Å². The zero-order chi connectivity index (χ0) is 24.3. The first-order valence-electron chi connectivity index (χ1n) is 10.3. The number of aryl methyl sites for hydroxylation is 2. The predicted molar refractivity (Wildman–Crippen MR) is 131 cm³/mol. The Bertz CT molecular complexity index is 1150. The molecule has 3 rings (SSSR count). The first kappa shape index (κ1) is 24.7. The number of hydrogen-bond acceptors (Lipinski definition) is 6. The maximum atomic E-state index is 12.8. The molecule has 7 nitrogen and oxygen atoms in total. The first-order chi connectivity index (χ1) is 15.6. The standard InChI is InChI=1S/C24H25ClN2O5S/c1-13(2)32-22-18(25)9-16(10-19(22)31-5)11-20-23(29)27(24(30)33-20)12-21(28)26-17-7-6-14(3)15(4)8-17/h6-11,13H,12H2,1-5H3,(H,26,28). The first-order valence-corrected chi connectivity index (χ1v) is 11.4. The van der Waals surface area contributed by atoms with E-state index in [1.165, 1.54) is 7.11 Å². The molecular weight excluding hydrogens is 464 g/mol. The summed E-state index contributed by atoms with van der Waals surface area (Å²) in [7, 11) is 1.49. The van der Waals surface area contributed by atoms with Crippen LogP contribution in [0.2, 0.25) is 5.02 Å². The number of nitrogens with zero attached hydrogens (tertiary/aromatic N) is 1. The number of nitrogens with one attached hydrogen (secondary N) is 1. The number of thioether (sulfide) groups is 1. The fraction of sp³-hybridized carbons (Fsp3) is 0.292. The van der Waals surface area contributed by atoms with Gasteiger partial charge in [-0.05, 0) is 86.5 Å². The zero-order valence-corrected chi connectivity index (χ0v) is 20.6. The van der Waals surface area contributed by atoms with E-state index in [1.54, 1.807) is 24.3 Å². The third kappa shape index (κ3) is 5.89. The summed E-state index contributed by atoms with van der Waals surface area (Å²) in [5.74, 6) is -0.184.